The maximum Gasteiger partial charge on any atom is 0.136 e. The molecule has 3 aromatic heterocycles. The van der Waals surface area contributed by atoms with Crippen LogP contribution in [-0.2, 0) is 0 Å². The number of nitrogens with zero attached hydrogens (tertiary/aromatic N) is 2. The first-order valence-electron chi connectivity index (χ1n) is 19.5. The molecule has 3 unspecified atom stereocenters. The Morgan fingerprint density at radius 2 is 0.930 bits per heavy atom. The predicted octanol–water partition coefficient (Wildman–Crippen LogP) is 13.2. The smallest absolute Gasteiger partial charge is 0.136 e. The van der Waals surface area contributed by atoms with Crippen molar-refractivity contribution in [2.45, 2.75) is 18.5 Å². The molecule has 0 radical (unpaired) electrons. The summed E-state index contributed by atoms with van der Waals surface area (Å²) < 4.78 is 15.3. The quantitative estimate of drug-likeness (QED) is 0.185. The third-order valence-electron chi connectivity index (χ3n) is 11.6. The standard InChI is InChI=1S/C51H35N4O2/c1-3-11-31(12-4-1)49-52-50(32-13-5-2-6-14-32)54-51(53-49)35-20-24-39-41-27-33(21-25-45(41)56-48(39)29-35)34-19-23-40-42-30-36(22-26-46(42)57-47(40)28-34)55-43-17-9-7-15-37(43)38-16-8-10-18-44(38)55/h1-30,49-53H/q-1. The summed E-state index contributed by atoms with van der Waals surface area (Å²) in [6, 6.07) is 64.1. The Kier molecular flexibility index (Phi) is 7.25. The fourth-order valence-electron chi connectivity index (χ4n) is 8.86. The van der Waals surface area contributed by atoms with Crippen LogP contribution in [0.2, 0.25) is 0 Å². The van der Waals surface area contributed by atoms with Gasteiger partial charge in [-0.1, -0.05) is 139 Å². The van der Waals surface area contributed by atoms with Crippen LogP contribution >= 0.6 is 0 Å². The maximum atomic E-state index is 6.50. The number of hydrogen-bond acceptors (Lipinski definition) is 4. The second kappa shape index (κ2) is 12.8. The second-order valence-corrected chi connectivity index (χ2v) is 15.0. The molecule has 0 aliphatic carbocycles. The van der Waals surface area contributed by atoms with Crippen LogP contribution in [0, 0.1) is 0 Å². The highest BCUT2D eigenvalue weighted by molar-refractivity contribution is 6.11. The number of rotatable bonds is 5. The molecule has 12 rings (SSSR count). The SMILES string of the molecule is c1ccc(C2[N-]C(c3ccc4c(c3)oc3ccc(-c5ccc6c(c5)oc5ccc(-n7c8ccccc8c8ccccc87)cc56)cc34)NC(c3ccccc3)N2)cc1. The van der Waals surface area contributed by atoms with Gasteiger partial charge in [-0.3, -0.25) is 0 Å². The van der Waals surface area contributed by atoms with E-state index in [0.29, 0.717) is 0 Å². The highest BCUT2D eigenvalue weighted by Crippen LogP contribution is 2.41. The van der Waals surface area contributed by atoms with Gasteiger partial charge in [-0.15, -0.1) is 0 Å². The first-order chi connectivity index (χ1) is 28.2. The summed E-state index contributed by atoms with van der Waals surface area (Å²) in [5, 5.41) is 19.5. The van der Waals surface area contributed by atoms with E-state index in [-0.39, 0.29) is 18.5 Å². The first-order valence-corrected chi connectivity index (χ1v) is 19.5. The average molecular weight is 736 g/mol. The van der Waals surface area contributed by atoms with Crippen molar-refractivity contribution in [2.24, 2.45) is 0 Å². The minimum absolute atomic E-state index is 0.0703. The van der Waals surface area contributed by atoms with Gasteiger partial charge in [0.1, 0.15) is 22.3 Å². The van der Waals surface area contributed by atoms with E-state index in [1.54, 1.807) is 0 Å². The molecule has 1 aliphatic rings. The third-order valence-corrected chi connectivity index (χ3v) is 11.6. The summed E-state index contributed by atoms with van der Waals surface area (Å²) in [5.74, 6) is 0. The lowest BCUT2D eigenvalue weighted by Gasteiger charge is -2.50. The highest BCUT2D eigenvalue weighted by atomic mass is 16.3. The Labute approximate surface area is 327 Å². The Morgan fingerprint density at radius 3 is 1.65 bits per heavy atom. The zero-order valence-electron chi connectivity index (χ0n) is 30.8. The van der Waals surface area contributed by atoms with E-state index in [4.69, 9.17) is 14.2 Å². The van der Waals surface area contributed by atoms with Gasteiger partial charge in [-0.2, -0.15) is 0 Å². The third kappa shape index (κ3) is 5.30. The van der Waals surface area contributed by atoms with Crippen LogP contribution in [0.5, 0.6) is 0 Å². The molecule has 0 bridgehead atoms. The lowest BCUT2D eigenvalue weighted by atomic mass is 10.0. The van der Waals surface area contributed by atoms with Gasteiger partial charge in [-0.25, -0.2) is 0 Å². The van der Waals surface area contributed by atoms with Gasteiger partial charge in [0.2, 0.25) is 0 Å². The molecule has 2 N–H and O–H groups in total. The summed E-state index contributed by atoms with van der Waals surface area (Å²) >= 11 is 0. The molecule has 1 aliphatic heterocycles. The number of benzene rings is 8. The van der Waals surface area contributed by atoms with Gasteiger partial charge in [0.05, 0.1) is 17.2 Å². The second-order valence-electron chi connectivity index (χ2n) is 15.0. The van der Waals surface area contributed by atoms with Gasteiger partial charge in [-0.05, 0) is 82.9 Å². The lowest BCUT2D eigenvalue weighted by Crippen LogP contribution is -2.44. The van der Waals surface area contributed by atoms with E-state index in [1.165, 1.54) is 27.4 Å². The van der Waals surface area contributed by atoms with Gasteiger partial charge >= 0.3 is 0 Å². The zero-order valence-corrected chi connectivity index (χ0v) is 30.8. The van der Waals surface area contributed by atoms with E-state index >= 15 is 0 Å². The molecular weight excluding hydrogens is 701 g/mol. The summed E-state index contributed by atoms with van der Waals surface area (Å²) in [7, 11) is 0. The average Bonchev–Trinajstić information content (AvgIpc) is 3.95. The van der Waals surface area contributed by atoms with Gasteiger partial charge in [0.15, 0.2) is 0 Å². The first kappa shape index (κ1) is 32.3. The molecular formula is C51H35N4O2-. The summed E-state index contributed by atoms with van der Waals surface area (Å²) in [6.45, 7) is 0. The normalized spacial score (nSPS) is 17.4. The van der Waals surface area contributed by atoms with E-state index in [0.717, 1.165) is 71.8 Å². The molecule has 0 spiro atoms. The van der Waals surface area contributed by atoms with Crippen molar-refractivity contribution in [3.05, 3.63) is 204 Å². The minimum Gasteiger partial charge on any atom is -0.624 e. The monoisotopic (exact) mass is 735 g/mol. The Balaban J connectivity index is 0.887. The summed E-state index contributed by atoms with van der Waals surface area (Å²) in [5.41, 5.74) is 12.5. The number of aromatic nitrogens is 1. The molecule has 1 saturated heterocycles. The van der Waals surface area contributed by atoms with Crippen LogP contribution in [0.25, 0.3) is 87.8 Å². The summed E-state index contributed by atoms with van der Waals surface area (Å²) in [4.78, 5) is 0. The van der Waals surface area contributed by atoms with Crippen LogP contribution in [0.15, 0.2) is 191 Å². The largest absolute Gasteiger partial charge is 0.624 e. The van der Waals surface area contributed by atoms with Crippen molar-refractivity contribution in [1.29, 1.82) is 0 Å². The molecule has 1 fully saturated rings. The molecule has 8 aromatic carbocycles. The number of furan rings is 2. The topological polar surface area (TPSA) is 69.4 Å². The predicted molar refractivity (Wildman–Crippen MR) is 232 cm³/mol. The van der Waals surface area contributed by atoms with Crippen molar-refractivity contribution in [1.82, 2.24) is 15.2 Å². The Bertz CT molecular complexity index is 3210. The van der Waals surface area contributed by atoms with Crippen molar-refractivity contribution >= 4 is 65.7 Å². The van der Waals surface area contributed by atoms with E-state index in [9.17, 15) is 0 Å². The molecule has 0 saturated carbocycles. The fourth-order valence-corrected chi connectivity index (χ4v) is 8.86. The highest BCUT2D eigenvalue weighted by Gasteiger charge is 2.23. The molecule has 11 aromatic rings. The molecule has 272 valence electrons. The molecule has 6 heteroatoms. The van der Waals surface area contributed by atoms with Crippen LogP contribution in [-0.4, -0.2) is 4.57 Å². The Hall–Kier alpha value is -6.96. The number of nitrogens with one attached hydrogen (secondary N) is 2. The van der Waals surface area contributed by atoms with E-state index < -0.39 is 0 Å². The van der Waals surface area contributed by atoms with Gasteiger partial charge in [0.25, 0.3) is 0 Å². The van der Waals surface area contributed by atoms with Gasteiger partial charge < -0.3 is 29.4 Å². The molecule has 4 heterocycles. The number of fused-ring (bicyclic) bond motifs is 9. The van der Waals surface area contributed by atoms with E-state index in [2.05, 4.69) is 185 Å². The molecule has 6 nitrogen and oxygen atoms in total. The summed E-state index contributed by atoms with van der Waals surface area (Å²) in [6.07, 6.45) is -0.467. The van der Waals surface area contributed by atoms with Crippen LogP contribution in [0.1, 0.15) is 35.2 Å². The van der Waals surface area contributed by atoms with Crippen LogP contribution in [0.3, 0.4) is 0 Å². The van der Waals surface area contributed by atoms with Crippen molar-refractivity contribution in [3.63, 3.8) is 0 Å². The van der Waals surface area contributed by atoms with Crippen LogP contribution < -0.4 is 10.6 Å². The number of para-hydroxylation sites is 2. The zero-order chi connectivity index (χ0) is 37.5. The van der Waals surface area contributed by atoms with Crippen molar-refractivity contribution < 1.29 is 8.83 Å². The van der Waals surface area contributed by atoms with Crippen molar-refractivity contribution in [2.75, 3.05) is 0 Å². The van der Waals surface area contributed by atoms with E-state index in [1.807, 2.05) is 12.1 Å². The minimum atomic E-state index is -0.233. The molecule has 0 amide bonds. The van der Waals surface area contributed by atoms with Crippen molar-refractivity contribution in [3.8, 4) is 16.8 Å². The lowest BCUT2D eigenvalue weighted by molar-refractivity contribution is 0.316. The molecule has 3 atom stereocenters. The van der Waals surface area contributed by atoms with Gasteiger partial charge in [0, 0.05) is 38.0 Å². The molecule has 57 heavy (non-hydrogen) atoms. The Morgan fingerprint density at radius 1 is 0.386 bits per heavy atom. The number of hydrogen-bond donors (Lipinski definition) is 2. The fraction of sp³-hybridized carbons (Fsp3) is 0.0588. The maximum absolute atomic E-state index is 6.50. The van der Waals surface area contributed by atoms with Crippen LogP contribution in [0.4, 0.5) is 0 Å².